The number of rotatable bonds is 0. The van der Waals surface area contributed by atoms with Gasteiger partial charge in [-0.2, -0.15) is 4.99 Å². The van der Waals surface area contributed by atoms with E-state index in [1.807, 2.05) is 25.1 Å². The lowest BCUT2D eigenvalue weighted by Gasteiger charge is -2.24. The topological polar surface area (TPSA) is 51.3 Å². The number of fused-ring (bicyclic) bond motifs is 3. The summed E-state index contributed by atoms with van der Waals surface area (Å²) in [5.74, 6) is 1.55. The Kier molecular flexibility index (Phi) is 1.83. The molecule has 0 saturated heterocycles. The monoisotopic (exact) mass is 227 g/mol. The Labute approximate surface area is 100.0 Å². The molecule has 0 spiro atoms. The maximum Gasteiger partial charge on any atom is 0.205 e. The molecule has 2 heterocycles. The van der Waals surface area contributed by atoms with Gasteiger partial charge in [0.15, 0.2) is 17.2 Å². The summed E-state index contributed by atoms with van der Waals surface area (Å²) in [4.78, 5) is 8.96. The van der Waals surface area contributed by atoms with Crippen LogP contribution in [0.5, 0.6) is 0 Å². The molecule has 0 atom stereocenters. The molecular weight excluding hydrogens is 212 g/mol. The lowest BCUT2D eigenvalue weighted by molar-refractivity contribution is 0.609. The predicted octanol–water partition coefficient (Wildman–Crippen LogP) is 2.45. The first-order valence-electron chi connectivity index (χ1n) is 5.60. The van der Waals surface area contributed by atoms with E-state index in [4.69, 9.17) is 5.73 Å². The van der Waals surface area contributed by atoms with Crippen molar-refractivity contribution in [2.24, 2.45) is 4.99 Å². The van der Waals surface area contributed by atoms with Gasteiger partial charge in [0, 0.05) is 6.92 Å². The summed E-state index contributed by atoms with van der Waals surface area (Å²) in [5.41, 5.74) is 8.89. The van der Waals surface area contributed by atoms with Crippen LogP contribution in [0.4, 0.5) is 17.2 Å². The van der Waals surface area contributed by atoms with Crippen LogP contribution in [-0.4, -0.2) is 24.9 Å². The third-order valence-corrected chi connectivity index (χ3v) is 3.51. The summed E-state index contributed by atoms with van der Waals surface area (Å²) in [7, 11) is 4.24. The molecule has 0 aliphatic carbocycles. The van der Waals surface area contributed by atoms with Crippen LogP contribution in [0.1, 0.15) is 6.92 Å². The van der Waals surface area contributed by atoms with Crippen molar-refractivity contribution in [3.8, 4) is 0 Å². The highest BCUT2D eigenvalue weighted by Gasteiger charge is 2.37. The molecule has 4 nitrogen and oxygen atoms in total. The first-order valence-corrected chi connectivity index (χ1v) is 5.60. The number of nitrogen functional groups attached to an aromatic ring is 1. The van der Waals surface area contributed by atoms with Crippen molar-refractivity contribution in [3.05, 3.63) is 24.3 Å². The average molecular weight is 227 g/mol. The molecule has 1 aromatic heterocycles. The van der Waals surface area contributed by atoms with Gasteiger partial charge < -0.3 is 5.73 Å². The first kappa shape index (κ1) is 10.2. The molecule has 2 N–H and O–H groups in total. The Morgan fingerprint density at radius 1 is 1.18 bits per heavy atom. The Morgan fingerprint density at radius 3 is 2.65 bits per heavy atom. The molecule has 0 fully saturated rings. The van der Waals surface area contributed by atoms with Crippen LogP contribution in [0.3, 0.4) is 0 Å². The number of quaternary nitrogens is 1. The number of anilines is 1. The van der Waals surface area contributed by atoms with Gasteiger partial charge in [0.1, 0.15) is 0 Å². The maximum atomic E-state index is 5.99. The van der Waals surface area contributed by atoms with E-state index in [0.717, 1.165) is 28.1 Å². The van der Waals surface area contributed by atoms with Crippen molar-refractivity contribution in [1.82, 2.24) is 9.47 Å². The molecule has 1 aliphatic heterocycles. The van der Waals surface area contributed by atoms with Crippen molar-refractivity contribution in [1.29, 1.82) is 0 Å². The van der Waals surface area contributed by atoms with Crippen LogP contribution in [0.15, 0.2) is 29.3 Å². The van der Waals surface area contributed by atoms with E-state index < -0.39 is 0 Å². The average Bonchev–Trinajstić information content (AvgIpc) is 2.52. The Bertz CT molecular complexity index is 656. The lowest BCUT2D eigenvalue weighted by Crippen LogP contribution is -2.42. The smallest absolute Gasteiger partial charge is 0.205 e. The second-order valence-electron chi connectivity index (χ2n) is 4.82. The minimum atomic E-state index is 0.516. The summed E-state index contributed by atoms with van der Waals surface area (Å²) < 4.78 is 0.641. The molecule has 17 heavy (non-hydrogen) atoms. The second kappa shape index (κ2) is 3.05. The Hall–Kier alpha value is -1.94. The number of hydrogen-bond acceptors (Lipinski definition) is 3. The van der Waals surface area contributed by atoms with E-state index >= 15 is 0 Å². The number of nitrogens with zero attached hydrogens (tertiary/aromatic N) is 3. The predicted molar refractivity (Wildman–Crippen MR) is 72.6 cm³/mol. The van der Waals surface area contributed by atoms with E-state index in [1.54, 1.807) is 0 Å². The highest BCUT2D eigenvalue weighted by molar-refractivity contribution is 6.11. The number of aliphatic imine (C=N–C) groups is 1. The van der Waals surface area contributed by atoms with E-state index in [9.17, 15) is 0 Å². The third kappa shape index (κ3) is 1.21. The van der Waals surface area contributed by atoms with Crippen LogP contribution in [-0.2, 0) is 0 Å². The molecule has 0 bridgehead atoms. The fraction of sp³-hybridized carbons (Fsp3) is 0.231. The molecule has 2 aromatic rings. The molecule has 0 unspecified atom stereocenters. The first-order chi connectivity index (χ1) is 8.01. The molecule has 1 aliphatic rings. The quantitative estimate of drug-likeness (QED) is 0.703. The normalized spacial score (nSPS) is 17.0. The van der Waals surface area contributed by atoms with Gasteiger partial charge in [-0.1, -0.05) is 12.1 Å². The van der Waals surface area contributed by atoms with Crippen molar-refractivity contribution in [2.75, 3.05) is 19.8 Å². The van der Waals surface area contributed by atoms with E-state index in [0.29, 0.717) is 10.3 Å². The summed E-state index contributed by atoms with van der Waals surface area (Å²) in [6.07, 6.45) is 0. The zero-order valence-electron chi connectivity index (χ0n) is 10.2. The number of amidine groups is 1. The lowest BCUT2D eigenvalue weighted by atomic mass is 10.1. The molecule has 3 rings (SSSR count). The Morgan fingerprint density at radius 2 is 1.88 bits per heavy atom. The molecule has 0 amide bonds. The minimum absolute atomic E-state index is 0.516. The van der Waals surface area contributed by atoms with E-state index in [-0.39, 0.29) is 0 Å². The fourth-order valence-corrected chi connectivity index (χ4v) is 2.33. The number of benzene rings is 1. The van der Waals surface area contributed by atoms with Gasteiger partial charge in [-0.25, -0.2) is 9.47 Å². The molecule has 1 aromatic carbocycles. The molecule has 0 saturated carbocycles. The number of nitrogens with two attached hydrogens (primary N) is 1. The van der Waals surface area contributed by atoms with Crippen LogP contribution in [0, 0.1) is 0 Å². The van der Waals surface area contributed by atoms with Gasteiger partial charge in [0.05, 0.1) is 25.0 Å². The SMILES string of the molecule is CC1=Nc2c(N)nc3ccccc3c2[N+]1(C)C. The minimum Gasteiger partial charge on any atom is -0.382 e. The molecule has 0 radical (unpaired) electrons. The number of aromatic nitrogens is 1. The summed E-state index contributed by atoms with van der Waals surface area (Å²) >= 11 is 0. The second-order valence-corrected chi connectivity index (χ2v) is 4.82. The zero-order chi connectivity index (χ0) is 12.2. The van der Waals surface area contributed by atoms with Crippen molar-refractivity contribution in [3.63, 3.8) is 0 Å². The summed E-state index contributed by atoms with van der Waals surface area (Å²) in [6, 6.07) is 8.06. The molecule has 86 valence electrons. The van der Waals surface area contributed by atoms with E-state index in [2.05, 4.69) is 30.1 Å². The molecular formula is C13H15N4+. The maximum absolute atomic E-state index is 5.99. The largest absolute Gasteiger partial charge is 0.382 e. The van der Waals surface area contributed by atoms with Crippen molar-refractivity contribution < 1.29 is 0 Å². The van der Waals surface area contributed by atoms with Crippen molar-refractivity contribution >= 4 is 33.9 Å². The number of hydrogen-bond donors (Lipinski definition) is 1. The molecule has 4 heteroatoms. The highest BCUT2D eigenvalue weighted by atomic mass is 15.4. The van der Waals surface area contributed by atoms with Gasteiger partial charge in [-0.15, -0.1) is 0 Å². The van der Waals surface area contributed by atoms with Crippen LogP contribution in [0.2, 0.25) is 0 Å². The summed E-state index contributed by atoms with van der Waals surface area (Å²) in [5, 5.41) is 1.13. The number of para-hydroxylation sites is 1. The summed E-state index contributed by atoms with van der Waals surface area (Å²) in [6.45, 7) is 2.02. The zero-order valence-corrected chi connectivity index (χ0v) is 10.2. The van der Waals surface area contributed by atoms with Gasteiger partial charge >= 0.3 is 0 Å². The van der Waals surface area contributed by atoms with Gasteiger partial charge in [-0.3, -0.25) is 0 Å². The van der Waals surface area contributed by atoms with Gasteiger partial charge in [-0.05, 0) is 12.1 Å². The standard InChI is InChI=1S/C13H15N4/c1-8-15-11-12(17(8,2)3)9-6-4-5-7-10(9)16-13(11)14/h4-7H,1-3H3,(H2,14,16)/q+1. The van der Waals surface area contributed by atoms with Crippen LogP contribution >= 0.6 is 0 Å². The van der Waals surface area contributed by atoms with Crippen LogP contribution in [0.25, 0.3) is 10.9 Å². The fourth-order valence-electron chi connectivity index (χ4n) is 2.33. The van der Waals surface area contributed by atoms with Gasteiger partial charge in [0.25, 0.3) is 0 Å². The van der Waals surface area contributed by atoms with Crippen LogP contribution < -0.4 is 10.2 Å². The third-order valence-electron chi connectivity index (χ3n) is 3.51. The highest BCUT2D eigenvalue weighted by Crippen LogP contribution is 2.45. The number of pyridine rings is 1. The van der Waals surface area contributed by atoms with Gasteiger partial charge in [0.2, 0.25) is 5.84 Å². The Balaban J connectivity index is 2.50. The van der Waals surface area contributed by atoms with Crippen molar-refractivity contribution in [2.45, 2.75) is 6.92 Å². The van der Waals surface area contributed by atoms with E-state index in [1.165, 1.54) is 0 Å².